The summed E-state index contributed by atoms with van der Waals surface area (Å²) >= 11 is 0. The highest BCUT2D eigenvalue weighted by Crippen LogP contribution is 2.26. The first-order chi connectivity index (χ1) is 14.1. The van der Waals surface area contributed by atoms with Crippen molar-refractivity contribution in [1.82, 2.24) is 20.1 Å². The zero-order chi connectivity index (χ0) is 20.4. The predicted molar refractivity (Wildman–Crippen MR) is 107 cm³/mol. The van der Waals surface area contributed by atoms with Crippen LogP contribution >= 0.6 is 0 Å². The number of rotatable bonds is 6. The smallest absolute Gasteiger partial charge is 0.338 e. The molecule has 0 saturated heterocycles. The van der Waals surface area contributed by atoms with Gasteiger partial charge in [0.05, 0.1) is 5.56 Å². The van der Waals surface area contributed by atoms with Crippen LogP contribution in [0.3, 0.4) is 0 Å². The molecule has 3 aromatic rings. The molecular weight excluding hydrogens is 366 g/mol. The minimum absolute atomic E-state index is 0.224. The summed E-state index contributed by atoms with van der Waals surface area (Å²) < 4.78 is 6.74. The highest BCUT2D eigenvalue weighted by molar-refractivity contribution is 5.93. The van der Waals surface area contributed by atoms with Gasteiger partial charge in [-0.2, -0.15) is 10.4 Å². The van der Waals surface area contributed by atoms with Gasteiger partial charge in [0.2, 0.25) is 0 Å². The lowest BCUT2D eigenvalue weighted by atomic mass is 9.97. The van der Waals surface area contributed by atoms with Gasteiger partial charge in [-0.15, -0.1) is 0 Å². The number of nitrogens with zero attached hydrogens (tertiary/aromatic N) is 4. The molecule has 0 bridgehead atoms. The van der Waals surface area contributed by atoms with Crippen LogP contribution in [-0.2, 0) is 24.3 Å². The number of hydrogen-bond donors (Lipinski definition) is 1. The van der Waals surface area contributed by atoms with Gasteiger partial charge in [0, 0.05) is 30.1 Å². The number of aromatic nitrogens is 3. The van der Waals surface area contributed by atoms with Crippen LogP contribution < -0.4 is 5.32 Å². The Labute approximate surface area is 169 Å². The van der Waals surface area contributed by atoms with E-state index in [1.807, 2.05) is 44.3 Å². The molecule has 7 nitrogen and oxygen atoms in total. The number of esters is 1. The van der Waals surface area contributed by atoms with Gasteiger partial charge >= 0.3 is 5.97 Å². The van der Waals surface area contributed by atoms with Crippen LogP contribution in [0.1, 0.15) is 43.9 Å². The molecule has 4 rings (SSSR count). The van der Waals surface area contributed by atoms with E-state index in [1.54, 1.807) is 10.9 Å². The predicted octanol–water partition coefficient (Wildman–Crippen LogP) is 2.76. The molecule has 0 radical (unpaired) electrons. The Morgan fingerprint density at radius 1 is 1.28 bits per heavy atom. The maximum absolute atomic E-state index is 11.6. The van der Waals surface area contributed by atoms with E-state index in [4.69, 9.17) is 10.00 Å². The molecule has 0 unspecified atom stereocenters. The molecule has 3 heterocycles. The molecule has 0 saturated carbocycles. The molecule has 7 heteroatoms. The van der Waals surface area contributed by atoms with Crippen molar-refractivity contribution in [3.63, 3.8) is 0 Å². The second kappa shape index (κ2) is 7.86. The molecule has 0 aliphatic carbocycles. The van der Waals surface area contributed by atoms with Gasteiger partial charge < -0.3 is 10.1 Å². The first-order valence-corrected chi connectivity index (χ1v) is 9.47. The summed E-state index contributed by atoms with van der Waals surface area (Å²) in [5.41, 5.74) is 6.40. The molecular formula is C22H21N5O2. The van der Waals surface area contributed by atoms with Crippen LogP contribution in [0.2, 0.25) is 0 Å². The summed E-state index contributed by atoms with van der Waals surface area (Å²) in [5.74, 6) is 0.460. The Hall–Kier alpha value is -3.50. The second-order valence-corrected chi connectivity index (χ2v) is 7.12. The largest absolute Gasteiger partial charge is 0.457 e. The Balaban J connectivity index is 1.32. The number of ether oxygens (including phenoxy) is 1. The van der Waals surface area contributed by atoms with Crippen molar-refractivity contribution >= 4 is 5.97 Å². The van der Waals surface area contributed by atoms with Gasteiger partial charge in [-0.25, -0.2) is 14.5 Å². The summed E-state index contributed by atoms with van der Waals surface area (Å²) in [6.07, 6.45) is 4.49. The highest BCUT2D eigenvalue weighted by atomic mass is 16.5. The normalized spacial score (nSPS) is 12.5. The van der Waals surface area contributed by atoms with Gasteiger partial charge in [0.25, 0.3) is 0 Å². The number of benzene rings is 1. The number of carbonyl (C=O) groups is 1. The van der Waals surface area contributed by atoms with Crippen molar-refractivity contribution in [2.75, 3.05) is 6.54 Å². The summed E-state index contributed by atoms with van der Waals surface area (Å²) in [6, 6.07) is 9.85. The van der Waals surface area contributed by atoms with E-state index >= 15 is 0 Å². The number of nitrogens with one attached hydrogen (secondary N) is 1. The van der Waals surface area contributed by atoms with E-state index in [1.165, 1.54) is 5.56 Å². The zero-order valence-corrected chi connectivity index (χ0v) is 16.4. The van der Waals surface area contributed by atoms with Crippen molar-refractivity contribution in [3.8, 4) is 11.9 Å². The van der Waals surface area contributed by atoms with Crippen molar-refractivity contribution in [1.29, 1.82) is 5.26 Å². The third-order valence-corrected chi connectivity index (χ3v) is 5.23. The number of cyclic esters (lactones) is 1. The molecule has 0 fully saturated rings. The summed E-state index contributed by atoms with van der Waals surface area (Å²) in [7, 11) is 0. The van der Waals surface area contributed by atoms with Crippen LogP contribution in [0.15, 0.2) is 36.7 Å². The Morgan fingerprint density at radius 3 is 2.86 bits per heavy atom. The molecule has 1 aliphatic heterocycles. The van der Waals surface area contributed by atoms with E-state index in [0.717, 1.165) is 35.2 Å². The average molecular weight is 387 g/mol. The Kier molecular flexibility index (Phi) is 5.10. The van der Waals surface area contributed by atoms with E-state index in [2.05, 4.69) is 21.5 Å². The maximum atomic E-state index is 11.6. The molecule has 1 N–H and O–H groups in total. The van der Waals surface area contributed by atoms with Crippen molar-refractivity contribution in [3.05, 3.63) is 75.7 Å². The van der Waals surface area contributed by atoms with Crippen molar-refractivity contribution < 1.29 is 9.53 Å². The van der Waals surface area contributed by atoms with E-state index in [9.17, 15) is 4.79 Å². The summed E-state index contributed by atoms with van der Waals surface area (Å²) in [6.45, 7) is 5.81. The highest BCUT2D eigenvalue weighted by Gasteiger charge is 2.23. The minimum atomic E-state index is -0.224. The topological polar surface area (TPSA) is 92.8 Å². The number of carbonyl (C=O) groups excluding carboxylic acids is 1. The zero-order valence-electron chi connectivity index (χ0n) is 16.4. The molecule has 1 aromatic carbocycles. The lowest BCUT2D eigenvalue weighted by Crippen LogP contribution is -2.17. The third kappa shape index (κ3) is 3.75. The van der Waals surface area contributed by atoms with Gasteiger partial charge in [0.15, 0.2) is 11.5 Å². The van der Waals surface area contributed by atoms with Crippen LogP contribution in [0.4, 0.5) is 0 Å². The molecule has 1 aliphatic rings. The SMILES string of the molecule is Cc1cn(-c2ccc(CNCCc3ccc4c(c3C)COC4=O)cn2)nc1C#N. The maximum Gasteiger partial charge on any atom is 0.338 e. The third-order valence-electron chi connectivity index (χ3n) is 5.23. The van der Waals surface area contributed by atoms with Gasteiger partial charge in [-0.3, -0.25) is 0 Å². The molecule has 0 atom stereocenters. The first kappa shape index (κ1) is 18.8. The van der Waals surface area contributed by atoms with Crippen LogP contribution in [-0.4, -0.2) is 27.3 Å². The fourth-order valence-electron chi connectivity index (χ4n) is 3.47. The van der Waals surface area contributed by atoms with Crippen LogP contribution in [0.5, 0.6) is 0 Å². The number of pyridine rings is 1. The molecule has 29 heavy (non-hydrogen) atoms. The van der Waals surface area contributed by atoms with E-state index in [0.29, 0.717) is 30.2 Å². The van der Waals surface area contributed by atoms with Gasteiger partial charge in [0.1, 0.15) is 12.7 Å². The van der Waals surface area contributed by atoms with Crippen LogP contribution in [0, 0.1) is 25.2 Å². The number of aryl methyl sites for hydroxylation is 1. The minimum Gasteiger partial charge on any atom is -0.457 e. The van der Waals surface area contributed by atoms with E-state index in [-0.39, 0.29) is 5.97 Å². The van der Waals surface area contributed by atoms with E-state index < -0.39 is 0 Å². The Morgan fingerprint density at radius 2 is 2.14 bits per heavy atom. The quantitative estimate of drug-likeness (QED) is 0.516. The molecule has 0 amide bonds. The standard InChI is InChI=1S/C22H21N5O2/c1-14-12-27(26-20(14)9-23)21-6-3-16(11-25-21)10-24-8-7-17-4-5-18-19(15(17)2)13-29-22(18)28/h3-6,11-12,24H,7-8,10,13H2,1-2H3. The monoisotopic (exact) mass is 387 g/mol. The summed E-state index contributed by atoms with van der Waals surface area (Å²) in [4.78, 5) is 16.1. The fraction of sp³-hybridized carbons (Fsp3) is 0.273. The average Bonchev–Trinajstić information content (AvgIpc) is 3.30. The number of fused-ring (bicyclic) bond motifs is 1. The first-order valence-electron chi connectivity index (χ1n) is 9.47. The second-order valence-electron chi connectivity index (χ2n) is 7.12. The number of nitriles is 1. The number of hydrogen-bond acceptors (Lipinski definition) is 6. The van der Waals surface area contributed by atoms with Crippen molar-refractivity contribution in [2.24, 2.45) is 0 Å². The molecule has 2 aromatic heterocycles. The Bertz CT molecular complexity index is 1110. The lowest BCUT2D eigenvalue weighted by Gasteiger charge is -2.10. The molecule has 0 spiro atoms. The van der Waals surface area contributed by atoms with Crippen molar-refractivity contribution in [2.45, 2.75) is 33.4 Å². The van der Waals surface area contributed by atoms with Gasteiger partial charge in [-0.1, -0.05) is 12.1 Å². The van der Waals surface area contributed by atoms with Crippen LogP contribution in [0.25, 0.3) is 5.82 Å². The summed E-state index contributed by atoms with van der Waals surface area (Å²) in [5, 5.41) is 16.7. The fourth-order valence-corrected chi connectivity index (χ4v) is 3.47. The van der Waals surface area contributed by atoms with Gasteiger partial charge in [-0.05, 0) is 55.6 Å². The molecule has 146 valence electrons. The lowest BCUT2D eigenvalue weighted by molar-refractivity contribution is 0.0535.